The molecular formula is C22H22N4O5. The molecule has 1 aliphatic heterocycles. The van der Waals surface area contributed by atoms with Crippen molar-refractivity contribution in [2.75, 3.05) is 6.79 Å². The molecule has 0 fully saturated rings. The van der Waals surface area contributed by atoms with Crippen molar-refractivity contribution in [2.24, 2.45) is 0 Å². The zero-order valence-electron chi connectivity index (χ0n) is 17.2. The second-order valence-electron chi connectivity index (χ2n) is 7.11. The number of amides is 2. The average Bonchev–Trinajstić information content (AvgIpc) is 3.25. The van der Waals surface area contributed by atoms with E-state index in [0.29, 0.717) is 34.6 Å². The van der Waals surface area contributed by atoms with Gasteiger partial charge in [-0.2, -0.15) is 0 Å². The topological polar surface area (TPSA) is 112 Å². The highest BCUT2D eigenvalue weighted by molar-refractivity contribution is 6.00. The molecule has 3 heterocycles. The van der Waals surface area contributed by atoms with Crippen LogP contribution in [-0.4, -0.2) is 34.2 Å². The molecule has 0 bridgehead atoms. The maximum Gasteiger partial charge on any atom is 0.257 e. The largest absolute Gasteiger partial charge is 0.454 e. The van der Waals surface area contributed by atoms with Crippen LogP contribution in [0.25, 0.3) is 10.9 Å². The van der Waals surface area contributed by atoms with E-state index in [1.807, 2.05) is 13.0 Å². The number of hydrogen-bond donors (Lipinski definition) is 2. The van der Waals surface area contributed by atoms with Crippen LogP contribution < -0.4 is 25.5 Å². The van der Waals surface area contributed by atoms with Crippen molar-refractivity contribution >= 4 is 22.7 Å². The van der Waals surface area contributed by atoms with Crippen LogP contribution in [0.1, 0.15) is 29.9 Å². The van der Waals surface area contributed by atoms with E-state index in [-0.39, 0.29) is 24.8 Å². The number of nitrogens with one attached hydrogen (secondary N) is 2. The van der Waals surface area contributed by atoms with E-state index in [0.717, 1.165) is 0 Å². The number of aryl methyl sites for hydroxylation is 1. The van der Waals surface area contributed by atoms with Gasteiger partial charge in [0.25, 0.3) is 5.91 Å². The van der Waals surface area contributed by atoms with Gasteiger partial charge < -0.3 is 24.7 Å². The van der Waals surface area contributed by atoms with E-state index >= 15 is 0 Å². The Bertz CT molecular complexity index is 1210. The summed E-state index contributed by atoms with van der Waals surface area (Å²) >= 11 is 0. The predicted molar refractivity (Wildman–Crippen MR) is 113 cm³/mol. The fourth-order valence-electron chi connectivity index (χ4n) is 3.38. The molecule has 1 aliphatic rings. The van der Waals surface area contributed by atoms with Crippen LogP contribution in [0.2, 0.25) is 0 Å². The lowest BCUT2D eigenvalue weighted by molar-refractivity contribution is -0.122. The molecular weight excluding hydrogens is 400 g/mol. The zero-order valence-corrected chi connectivity index (χ0v) is 17.2. The maximum absolute atomic E-state index is 13.0. The lowest BCUT2D eigenvalue weighted by atomic mass is 10.1. The number of fused-ring (bicyclic) bond motifs is 2. The van der Waals surface area contributed by atoms with Gasteiger partial charge in [0, 0.05) is 25.0 Å². The Morgan fingerprint density at radius 1 is 1.23 bits per heavy atom. The highest BCUT2D eigenvalue weighted by Gasteiger charge is 2.23. The van der Waals surface area contributed by atoms with Crippen molar-refractivity contribution < 1.29 is 19.1 Å². The van der Waals surface area contributed by atoms with E-state index in [2.05, 4.69) is 15.6 Å². The molecule has 0 radical (unpaired) electrons. The van der Waals surface area contributed by atoms with Crippen molar-refractivity contribution in [3.63, 3.8) is 0 Å². The Balaban J connectivity index is 1.54. The van der Waals surface area contributed by atoms with Crippen molar-refractivity contribution in [2.45, 2.75) is 33.0 Å². The molecule has 3 aromatic rings. The van der Waals surface area contributed by atoms with Gasteiger partial charge in [0.2, 0.25) is 18.1 Å². The van der Waals surface area contributed by atoms with Gasteiger partial charge in [-0.05, 0) is 32.0 Å². The number of pyridine rings is 2. The first kappa shape index (κ1) is 20.4. The van der Waals surface area contributed by atoms with Crippen LogP contribution in [0.15, 0.2) is 47.5 Å². The smallest absolute Gasteiger partial charge is 0.257 e. The molecule has 0 unspecified atom stereocenters. The molecule has 1 aromatic carbocycles. The fraction of sp³-hybridized carbons (Fsp3) is 0.273. The third kappa shape index (κ3) is 4.07. The Labute approximate surface area is 178 Å². The van der Waals surface area contributed by atoms with E-state index < -0.39 is 17.4 Å². The molecule has 2 aromatic heterocycles. The number of benzene rings is 1. The first-order valence-corrected chi connectivity index (χ1v) is 9.93. The number of ether oxygens (including phenoxy) is 2. The third-order valence-electron chi connectivity index (χ3n) is 5.07. The molecule has 9 heteroatoms. The summed E-state index contributed by atoms with van der Waals surface area (Å²) in [5.41, 5.74) is 0.872. The minimum Gasteiger partial charge on any atom is -0.454 e. The first-order chi connectivity index (χ1) is 15.0. The monoisotopic (exact) mass is 422 g/mol. The Morgan fingerprint density at radius 3 is 2.71 bits per heavy atom. The van der Waals surface area contributed by atoms with Crippen LogP contribution >= 0.6 is 0 Å². The summed E-state index contributed by atoms with van der Waals surface area (Å²) in [6, 6.07) is 7.89. The van der Waals surface area contributed by atoms with Crippen molar-refractivity contribution in [3.8, 4) is 11.5 Å². The molecule has 2 N–H and O–H groups in total. The molecule has 0 aliphatic carbocycles. The highest BCUT2D eigenvalue weighted by Crippen LogP contribution is 2.35. The second-order valence-corrected chi connectivity index (χ2v) is 7.11. The van der Waals surface area contributed by atoms with Crippen molar-refractivity contribution in [1.29, 1.82) is 0 Å². The quantitative estimate of drug-likeness (QED) is 0.624. The molecule has 0 saturated heterocycles. The van der Waals surface area contributed by atoms with E-state index in [1.54, 1.807) is 42.0 Å². The summed E-state index contributed by atoms with van der Waals surface area (Å²) in [6.45, 7) is 4.33. The average molecular weight is 422 g/mol. The SMILES string of the molecule is CCn1cc(C(=O)N[C@@H](C)C(=O)NCc2ccccn2)c(=O)c2cc3c(cc21)OCO3. The van der Waals surface area contributed by atoms with Crippen LogP contribution in [0.5, 0.6) is 11.5 Å². The highest BCUT2D eigenvalue weighted by atomic mass is 16.7. The van der Waals surface area contributed by atoms with E-state index in [9.17, 15) is 14.4 Å². The second kappa shape index (κ2) is 8.47. The Hall–Kier alpha value is -3.88. The van der Waals surface area contributed by atoms with Gasteiger partial charge in [-0.15, -0.1) is 0 Å². The van der Waals surface area contributed by atoms with Crippen LogP contribution in [0.3, 0.4) is 0 Å². The number of carbonyl (C=O) groups is 2. The molecule has 0 spiro atoms. The number of rotatable bonds is 6. The number of hydrogen-bond acceptors (Lipinski definition) is 6. The minimum atomic E-state index is -0.835. The van der Waals surface area contributed by atoms with Crippen LogP contribution in [0, 0.1) is 0 Å². The van der Waals surface area contributed by atoms with Gasteiger partial charge in [-0.25, -0.2) is 0 Å². The van der Waals surface area contributed by atoms with E-state index in [4.69, 9.17) is 9.47 Å². The summed E-state index contributed by atoms with van der Waals surface area (Å²) in [7, 11) is 0. The number of carbonyl (C=O) groups excluding carboxylic acids is 2. The summed E-state index contributed by atoms with van der Waals surface area (Å²) in [4.78, 5) is 42.3. The lowest BCUT2D eigenvalue weighted by Crippen LogP contribution is -2.45. The van der Waals surface area contributed by atoms with Gasteiger partial charge in [0.1, 0.15) is 11.6 Å². The van der Waals surface area contributed by atoms with Gasteiger partial charge in [0.05, 0.1) is 23.1 Å². The number of aromatic nitrogens is 2. The lowest BCUT2D eigenvalue weighted by Gasteiger charge is -2.16. The summed E-state index contributed by atoms with van der Waals surface area (Å²) in [6.07, 6.45) is 3.14. The predicted octanol–water partition coefficient (Wildman–Crippen LogP) is 1.58. The third-order valence-corrected chi connectivity index (χ3v) is 5.07. The molecule has 4 rings (SSSR count). The van der Waals surface area contributed by atoms with Gasteiger partial charge in [-0.3, -0.25) is 19.4 Å². The fourth-order valence-corrected chi connectivity index (χ4v) is 3.38. The van der Waals surface area contributed by atoms with Gasteiger partial charge >= 0.3 is 0 Å². The Kier molecular flexibility index (Phi) is 5.57. The summed E-state index contributed by atoms with van der Waals surface area (Å²) < 4.78 is 12.5. The Morgan fingerprint density at radius 2 is 2.00 bits per heavy atom. The van der Waals surface area contributed by atoms with Crippen molar-refractivity contribution in [1.82, 2.24) is 20.2 Å². The molecule has 1 atom stereocenters. The first-order valence-electron chi connectivity index (χ1n) is 9.93. The van der Waals surface area contributed by atoms with Gasteiger partial charge in [0.15, 0.2) is 11.5 Å². The zero-order chi connectivity index (χ0) is 22.0. The minimum absolute atomic E-state index is 0.0439. The van der Waals surface area contributed by atoms with Gasteiger partial charge in [-0.1, -0.05) is 6.07 Å². The molecule has 2 amide bonds. The van der Waals surface area contributed by atoms with Crippen LogP contribution in [0.4, 0.5) is 0 Å². The summed E-state index contributed by atoms with van der Waals surface area (Å²) in [5, 5.41) is 5.67. The molecule has 9 nitrogen and oxygen atoms in total. The molecule has 0 saturated carbocycles. The maximum atomic E-state index is 13.0. The molecule has 31 heavy (non-hydrogen) atoms. The normalized spacial score (nSPS) is 13.1. The summed E-state index contributed by atoms with van der Waals surface area (Å²) in [5.74, 6) is 0.0304. The van der Waals surface area contributed by atoms with Crippen molar-refractivity contribution in [3.05, 3.63) is 64.2 Å². The standard InChI is InChI=1S/C22H22N4O5/c1-3-26-11-16(20(27)15-8-18-19(9-17(15)26)31-12-30-18)22(29)25-13(2)21(28)24-10-14-6-4-5-7-23-14/h4-9,11,13H,3,10,12H2,1-2H3,(H,24,28)(H,25,29)/t13-/m0/s1. The molecule has 160 valence electrons. The van der Waals surface area contributed by atoms with Crippen LogP contribution in [-0.2, 0) is 17.9 Å². The number of nitrogens with zero attached hydrogens (tertiary/aromatic N) is 2. The van der Waals surface area contributed by atoms with E-state index in [1.165, 1.54) is 6.20 Å².